The van der Waals surface area contributed by atoms with Crippen molar-refractivity contribution in [3.05, 3.63) is 47.1 Å². The van der Waals surface area contributed by atoms with Crippen molar-refractivity contribution >= 4 is 35.1 Å². The molecule has 0 aliphatic carbocycles. The molecule has 1 aliphatic rings. The van der Waals surface area contributed by atoms with Gasteiger partial charge in [0.25, 0.3) is 0 Å². The predicted octanol–water partition coefficient (Wildman–Crippen LogP) is 4.39. The molecule has 148 valence electrons. The molecule has 7 heteroatoms. The fourth-order valence-electron chi connectivity index (χ4n) is 3.23. The SMILES string of the molecule is COc1cc(C=CC(=O)Nc2cccnc2N2CCCCC2)cc(Cl)c1OC. The van der Waals surface area contributed by atoms with Crippen LogP contribution in [0.5, 0.6) is 11.5 Å². The van der Waals surface area contributed by atoms with E-state index in [1.54, 1.807) is 31.5 Å². The van der Waals surface area contributed by atoms with Crippen LogP contribution >= 0.6 is 11.6 Å². The zero-order valence-electron chi connectivity index (χ0n) is 16.1. The number of rotatable bonds is 6. The molecule has 1 amide bonds. The van der Waals surface area contributed by atoms with Crippen LogP contribution in [0.3, 0.4) is 0 Å². The number of piperidine rings is 1. The number of nitrogens with zero attached hydrogens (tertiary/aromatic N) is 2. The Morgan fingerprint density at radius 3 is 2.71 bits per heavy atom. The van der Waals surface area contributed by atoms with Crippen LogP contribution in [0.4, 0.5) is 11.5 Å². The second-order valence-electron chi connectivity index (χ2n) is 6.48. The molecule has 1 N–H and O–H groups in total. The number of anilines is 2. The van der Waals surface area contributed by atoms with Crippen molar-refractivity contribution in [3.8, 4) is 11.5 Å². The molecule has 0 atom stereocenters. The van der Waals surface area contributed by atoms with Gasteiger partial charge in [0.05, 0.1) is 24.9 Å². The lowest BCUT2D eigenvalue weighted by Gasteiger charge is -2.29. The quantitative estimate of drug-likeness (QED) is 0.727. The number of amides is 1. The largest absolute Gasteiger partial charge is 0.493 e. The minimum absolute atomic E-state index is 0.239. The van der Waals surface area contributed by atoms with Gasteiger partial charge in [0, 0.05) is 25.4 Å². The third-order valence-corrected chi connectivity index (χ3v) is 4.86. The van der Waals surface area contributed by atoms with Crippen molar-refractivity contribution in [2.45, 2.75) is 19.3 Å². The van der Waals surface area contributed by atoms with Crippen LogP contribution < -0.4 is 19.7 Å². The summed E-state index contributed by atoms with van der Waals surface area (Å²) in [5.41, 5.74) is 1.45. The van der Waals surface area contributed by atoms with Gasteiger partial charge in [-0.1, -0.05) is 11.6 Å². The van der Waals surface area contributed by atoms with Crippen LogP contribution in [0.2, 0.25) is 5.02 Å². The number of benzene rings is 1. The number of pyridine rings is 1. The maximum atomic E-state index is 12.5. The maximum Gasteiger partial charge on any atom is 0.248 e. The number of halogens is 1. The third-order valence-electron chi connectivity index (χ3n) is 4.58. The molecule has 1 aromatic heterocycles. The van der Waals surface area contributed by atoms with E-state index in [-0.39, 0.29) is 5.91 Å². The highest BCUT2D eigenvalue weighted by Crippen LogP contribution is 2.36. The first-order chi connectivity index (χ1) is 13.6. The van der Waals surface area contributed by atoms with Gasteiger partial charge in [-0.05, 0) is 55.2 Å². The Bertz CT molecular complexity index is 864. The van der Waals surface area contributed by atoms with Crippen molar-refractivity contribution in [3.63, 3.8) is 0 Å². The average Bonchev–Trinajstić information content (AvgIpc) is 2.73. The fraction of sp³-hybridized carbons (Fsp3) is 0.333. The second kappa shape index (κ2) is 9.46. The number of hydrogen-bond acceptors (Lipinski definition) is 5. The van der Waals surface area contributed by atoms with Crippen LogP contribution in [0.25, 0.3) is 6.08 Å². The van der Waals surface area contributed by atoms with E-state index in [4.69, 9.17) is 21.1 Å². The molecule has 0 saturated carbocycles. The van der Waals surface area contributed by atoms with E-state index in [2.05, 4.69) is 15.2 Å². The second-order valence-corrected chi connectivity index (χ2v) is 6.89. The van der Waals surface area contributed by atoms with Crippen LogP contribution in [-0.4, -0.2) is 38.2 Å². The van der Waals surface area contributed by atoms with Gasteiger partial charge >= 0.3 is 0 Å². The van der Waals surface area contributed by atoms with Gasteiger partial charge in [-0.3, -0.25) is 4.79 Å². The number of ether oxygens (including phenoxy) is 2. The summed E-state index contributed by atoms with van der Waals surface area (Å²) < 4.78 is 10.5. The molecular formula is C21H24ClN3O3. The molecule has 28 heavy (non-hydrogen) atoms. The Hall–Kier alpha value is -2.73. The molecule has 1 aromatic carbocycles. The Labute approximate surface area is 170 Å². The molecule has 0 radical (unpaired) electrons. The lowest BCUT2D eigenvalue weighted by atomic mass is 10.1. The maximum absolute atomic E-state index is 12.5. The Morgan fingerprint density at radius 1 is 1.21 bits per heavy atom. The van der Waals surface area contributed by atoms with Crippen LogP contribution in [0.1, 0.15) is 24.8 Å². The highest BCUT2D eigenvalue weighted by Gasteiger charge is 2.16. The molecule has 1 fully saturated rings. The number of aromatic nitrogens is 1. The minimum Gasteiger partial charge on any atom is -0.493 e. The van der Waals surface area contributed by atoms with Crippen LogP contribution in [0, 0.1) is 0 Å². The monoisotopic (exact) mass is 401 g/mol. The average molecular weight is 402 g/mol. The Kier molecular flexibility index (Phi) is 6.76. The van der Waals surface area contributed by atoms with Gasteiger partial charge in [0.1, 0.15) is 0 Å². The van der Waals surface area contributed by atoms with Gasteiger partial charge < -0.3 is 19.7 Å². The molecule has 0 bridgehead atoms. The number of carbonyl (C=O) groups excluding carboxylic acids is 1. The van der Waals surface area contributed by atoms with E-state index in [0.29, 0.717) is 22.2 Å². The van der Waals surface area contributed by atoms with Gasteiger partial charge in [0.2, 0.25) is 5.91 Å². The summed E-state index contributed by atoms with van der Waals surface area (Å²) in [4.78, 5) is 19.1. The molecule has 2 heterocycles. The summed E-state index contributed by atoms with van der Waals surface area (Å²) in [7, 11) is 3.07. The van der Waals surface area contributed by atoms with Gasteiger partial charge in [-0.15, -0.1) is 0 Å². The molecule has 1 saturated heterocycles. The van der Waals surface area contributed by atoms with Crippen molar-refractivity contribution in [1.29, 1.82) is 0 Å². The van der Waals surface area contributed by atoms with Crippen molar-refractivity contribution in [1.82, 2.24) is 4.98 Å². The van der Waals surface area contributed by atoms with E-state index in [1.807, 2.05) is 12.1 Å². The molecule has 1 aliphatic heterocycles. The first-order valence-corrected chi connectivity index (χ1v) is 9.60. The Morgan fingerprint density at radius 2 is 2.00 bits per heavy atom. The normalized spacial score (nSPS) is 14.2. The molecule has 3 rings (SSSR count). The highest BCUT2D eigenvalue weighted by molar-refractivity contribution is 6.32. The standard InChI is InChI=1S/C21H24ClN3O3/c1-27-18-14-15(13-16(22)20(18)28-2)8-9-19(26)24-17-7-6-10-23-21(17)25-11-4-3-5-12-25/h6-10,13-14H,3-5,11-12H2,1-2H3,(H,24,26). The van der Waals surface area contributed by atoms with Gasteiger partial charge in [-0.2, -0.15) is 0 Å². The lowest BCUT2D eigenvalue weighted by Crippen LogP contribution is -2.31. The van der Waals surface area contributed by atoms with Crippen LogP contribution in [-0.2, 0) is 4.79 Å². The van der Waals surface area contributed by atoms with E-state index >= 15 is 0 Å². The molecule has 6 nitrogen and oxygen atoms in total. The molecular weight excluding hydrogens is 378 g/mol. The smallest absolute Gasteiger partial charge is 0.248 e. The summed E-state index contributed by atoms with van der Waals surface area (Å²) in [6, 6.07) is 7.17. The molecule has 0 spiro atoms. The zero-order chi connectivity index (χ0) is 19.9. The van der Waals surface area contributed by atoms with Gasteiger partial charge in [-0.25, -0.2) is 4.98 Å². The zero-order valence-corrected chi connectivity index (χ0v) is 16.8. The predicted molar refractivity (Wildman–Crippen MR) is 113 cm³/mol. The summed E-state index contributed by atoms with van der Waals surface area (Å²) in [6.07, 6.45) is 8.42. The topological polar surface area (TPSA) is 63.7 Å². The summed E-state index contributed by atoms with van der Waals surface area (Å²) >= 11 is 6.21. The first kappa shape index (κ1) is 20.0. The summed E-state index contributed by atoms with van der Waals surface area (Å²) in [6.45, 7) is 1.92. The van der Waals surface area contributed by atoms with E-state index in [9.17, 15) is 4.79 Å². The highest BCUT2D eigenvalue weighted by atomic mass is 35.5. The number of carbonyl (C=O) groups is 1. The fourth-order valence-corrected chi connectivity index (χ4v) is 3.53. The van der Waals surface area contributed by atoms with Crippen molar-refractivity contribution in [2.24, 2.45) is 0 Å². The number of methoxy groups -OCH3 is 2. The minimum atomic E-state index is -0.239. The van der Waals surface area contributed by atoms with E-state index in [0.717, 1.165) is 37.3 Å². The van der Waals surface area contributed by atoms with Crippen molar-refractivity contribution < 1.29 is 14.3 Å². The van der Waals surface area contributed by atoms with Gasteiger partial charge in [0.15, 0.2) is 17.3 Å². The molecule has 0 unspecified atom stereocenters. The van der Waals surface area contributed by atoms with Crippen molar-refractivity contribution in [2.75, 3.05) is 37.5 Å². The number of hydrogen-bond donors (Lipinski definition) is 1. The number of nitrogens with one attached hydrogen (secondary N) is 1. The lowest BCUT2D eigenvalue weighted by molar-refractivity contribution is -0.111. The third kappa shape index (κ3) is 4.75. The van der Waals surface area contributed by atoms with E-state index in [1.165, 1.54) is 19.6 Å². The van der Waals surface area contributed by atoms with E-state index < -0.39 is 0 Å². The Balaban J connectivity index is 1.73. The summed E-state index contributed by atoms with van der Waals surface area (Å²) in [5.74, 6) is 1.55. The first-order valence-electron chi connectivity index (χ1n) is 9.23. The molecule has 2 aromatic rings. The summed E-state index contributed by atoms with van der Waals surface area (Å²) in [5, 5.41) is 3.34. The van der Waals surface area contributed by atoms with Crippen LogP contribution in [0.15, 0.2) is 36.5 Å².